The number of amides is 1. The highest BCUT2D eigenvalue weighted by atomic mass is 31.2. The van der Waals surface area contributed by atoms with E-state index in [1.165, 1.54) is 30.3 Å². The molecule has 0 aliphatic heterocycles. The summed E-state index contributed by atoms with van der Waals surface area (Å²) in [6.07, 6.45) is 5.17. The Labute approximate surface area is 227 Å². The molecule has 3 aromatic rings. The van der Waals surface area contributed by atoms with Crippen LogP contribution >= 0.6 is 8.38 Å². The third-order valence-electron chi connectivity index (χ3n) is 5.33. The van der Waals surface area contributed by atoms with Crippen LogP contribution in [-0.2, 0) is 20.3 Å². The largest absolute Gasteiger partial charge is 0.483 e. The fourth-order valence-electron chi connectivity index (χ4n) is 3.63. The molecule has 0 N–H and O–H groups in total. The van der Waals surface area contributed by atoms with Crippen molar-refractivity contribution in [1.82, 2.24) is 9.88 Å². The number of aldehydes is 1. The lowest BCUT2D eigenvalue weighted by atomic mass is 9.99. The van der Waals surface area contributed by atoms with Crippen LogP contribution in [0.15, 0.2) is 67.9 Å². The Morgan fingerprint density at radius 2 is 1.77 bits per heavy atom. The molecule has 0 spiro atoms. The van der Waals surface area contributed by atoms with Gasteiger partial charge in [0.2, 0.25) is 8.38 Å². The van der Waals surface area contributed by atoms with Crippen molar-refractivity contribution >= 4 is 31.5 Å². The van der Waals surface area contributed by atoms with Crippen molar-refractivity contribution in [2.45, 2.75) is 6.54 Å². The number of halogens is 1. The fraction of sp³-hybridized carbons (Fsp3) is 0.250. The van der Waals surface area contributed by atoms with Gasteiger partial charge in [-0.15, -0.1) is 13.2 Å². The summed E-state index contributed by atoms with van der Waals surface area (Å²) in [4.78, 5) is 32.1. The average molecular weight is 557 g/mol. The second-order valence-electron chi connectivity index (χ2n) is 8.08. The van der Waals surface area contributed by atoms with Gasteiger partial charge in [0.1, 0.15) is 17.1 Å². The summed E-state index contributed by atoms with van der Waals surface area (Å²) in [6, 6.07) is 9.17. The number of hydrogen-bond acceptors (Lipinski definition) is 8. The SMILES string of the molecule is C=CCOP(COc1c(C(=O)N(C)Cc2ccc(F)cc2)c(C=O)c(OCOC)c2ncccc12)OCC=C. The number of methoxy groups -OCH3 is 1. The van der Waals surface area contributed by atoms with E-state index in [-0.39, 0.29) is 61.3 Å². The normalized spacial score (nSPS) is 10.9. The number of fused-ring (bicyclic) bond motifs is 1. The maximum atomic E-state index is 13.9. The average Bonchev–Trinajstić information content (AvgIpc) is 2.96. The van der Waals surface area contributed by atoms with Gasteiger partial charge in [-0.25, -0.2) is 4.39 Å². The lowest BCUT2D eigenvalue weighted by Crippen LogP contribution is -2.28. The van der Waals surface area contributed by atoms with E-state index in [9.17, 15) is 14.0 Å². The molecule has 2 aromatic carbocycles. The van der Waals surface area contributed by atoms with Gasteiger partial charge in [-0.05, 0) is 29.8 Å². The number of benzene rings is 2. The Balaban J connectivity index is 2.12. The molecule has 1 amide bonds. The molecule has 39 heavy (non-hydrogen) atoms. The predicted molar refractivity (Wildman–Crippen MR) is 147 cm³/mol. The monoisotopic (exact) mass is 556 g/mol. The van der Waals surface area contributed by atoms with Crippen LogP contribution in [0.4, 0.5) is 4.39 Å². The van der Waals surface area contributed by atoms with E-state index in [4.69, 9.17) is 23.3 Å². The summed E-state index contributed by atoms with van der Waals surface area (Å²) < 4.78 is 41.7. The second-order valence-corrected chi connectivity index (χ2v) is 9.52. The zero-order chi connectivity index (χ0) is 28.2. The Hall–Kier alpha value is -3.69. The van der Waals surface area contributed by atoms with Gasteiger partial charge in [0.15, 0.2) is 25.2 Å². The van der Waals surface area contributed by atoms with Gasteiger partial charge in [0.25, 0.3) is 5.91 Å². The molecule has 9 nitrogen and oxygen atoms in total. The minimum Gasteiger partial charge on any atom is -0.483 e. The molecule has 1 aromatic heterocycles. The number of ether oxygens (including phenoxy) is 3. The molecule has 1 heterocycles. The molecule has 3 rings (SSSR count). The summed E-state index contributed by atoms with van der Waals surface area (Å²) in [5.41, 5.74) is 0.934. The summed E-state index contributed by atoms with van der Waals surface area (Å²) in [6.45, 7) is 7.72. The minimum absolute atomic E-state index is 0.0244. The zero-order valence-electron chi connectivity index (χ0n) is 21.8. The molecule has 0 aliphatic carbocycles. The van der Waals surface area contributed by atoms with E-state index in [1.807, 2.05) is 0 Å². The number of hydrogen-bond donors (Lipinski definition) is 0. The van der Waals surface area contributed by atoms with E-state index in [0.29, 0.717) is 22.8 Å². The molecule has 0 fully saturated rings. The standard InChI is InChI=1S/C28H30FN2O7P/c1-5-14-37-39(38-15-6-2)19-36-26-22-8-7-13-30-25(22)27(35-18-34-4)23(17-32)24(26)28(33)31(3)16-20-9-11-21(29)12-10-20/h5-13,17H,1-2,14-16,18-19H2,3-4H3. The van der Waals surface area contributed by atoms with Crippen LogP contribution in [0.1, 0.15) is 26.3 Å². The van der Waals surface area contributed by atoms with Crippen LogP contribution in [0.2, 0.25) is 0 Å². The first-order valence-corrected chi connectivity index (χ1v) is 13.2. The van der Waals surface area contributed by atoms with E-state index < -0.39 is 14.3 Å². The molecular formula is C28H30FN2O7P. The van der Waals surface area contributed by atoms with Crippen LogP contribution in [0.25, 0.3) is 10.9 Å². The van der Waals surface area contributed by atoms with Crippen molar-refractivity contribution in [3.8, 4) is 11.5 Å². The van der Waals surface area contributed by atoms with Gasteiger partial charge in [-0.3, -0.25) is 14.6 Å². The zero-order valence-corrected chi connectivity index (χ0v) is 22.7. The Morgan fingerprint density at radius 3 is 2.38 bits per heavy atom. The summed E-state index contributed by atoms with van der Waals surface area (Å²) in [7, 11) is 1.45. The lowest BCUT2D eigenvalue weighted by Gasteiger charge is -2.24. The van der Waals surface area contributed by atoms with Crippen LogP contribution in [0.5, 0.6) is 11.5 Å². The van der Waals surface area contributed by atoms with E-state index in [1.54, 1.807) is 43.5 Å². The van der Waals surface area contributed by atoms with Crippen molar-refractivity contribution in [3.63, 3.8) is 0 Å². The fourth-order valence-corrected chi connectivity index (χ4v) is 4.63. The molecule has 11 heteroatoms. The van der Waals surface area contributed by atoms with E-state index in [0.717, 1.165) is 0 Å². The third kappa shape index (κ3) is 7.68. The smallest absolute Gasteiger partial charge is 0.258 e. The van der Waals surface area contributed by atoms with Gasteiger partial charge < -0.3 is 28.2 Å². The Bertz CT molecular complexity index is 1290. The number of aromatic nitrogens is 1. The molecule has 0 saturated heterocycles. The van der Waals surface area contributed by atoms with Gasteiger partial charge in [-0.1, -0.05) is 24.3 Å². The molecule has 0 atom stereocenters. The molecule has 0 bridgehead atoms. The number of pyridine rings is 1. The molecule has 0 saturated carbocycles. The highest BCUT2D eigenvalue weighted by Gasteiger charge is 2.30. The van der Waals surface area contributed by atoms with Crippen molar-refractivity contribution in [1.29, 1.82) is 0 Å². The van der Waals surface area contributed by atoms with Gasteiger partial charge in [-0.2, -0.15) is 0 Å². The maximum Gasteiger partial charge on any atom is 0.258 e. The first-order chi connectivity index (χ1) is 18.9. The van der Waals surface area contributed by atoms with Crippen molar-refractivity contribution in [3.05, 3.63) is 90.4 Å². The van der Waals surface area contributed by atoms with Crippen LogP contribution in [0, 0.1) is 5.82 Å². The van der Waals surface area contributed by atoms with Crippen molar-refractivity contribution in [2.75, 3.05) is 40.5 Å². The maximum absolute atomic E-state index is 13.9. The number of rotatable bonds is 16. The first kappa shape index (κ1) is 29.9. The third-order valence-corrected chi connectivity index (χ3v) is 6.54. The van der Waals surface area contributed by atoms with Gasteiger partial charge >= 0.3 is 0 Å². The highest BCUT2D eigenvalue weighted by molar-refractivity contribution is 7.47. The Kier molecular flexibility index (Phi) is 11.5. The quantitative estimate of drug-likeness (QED) is 0.0989. The topological polar surface area (TPSA) is 96.4 Å². The van der Waals surface area contributed by atoms with Crippen LogP contribution < -0.4 is 9.47 Å². The summed E-state index contributed by atoms with van der Waals surface area (Å²) in [5.74, 6) is -0.700. The van der Waals surface area contributed by atoms with Gasteiger partial charge in [0, 0.05) is 32.3 Å². The van der Waals surface area contributed by atoms with Crippen molar-refractivity contribution in [2.24, 2.45) is 0 Å². The van der Waals surface area contributed by atoms with Gasteiger partial charge in [0.05, 0.1) is 24.3 Å². The van der Waals surface area contributed by atoms with Crippen molar-refractivity contribution < 1.29 is 37.2 Å². The number of nitrogens with zero attached hydrogens (tertiary/aromatic N) is 2. The Morgan fingerprint density at radius 1 is 1.08 bits per heavy atom. The summed E-state index contributed by atoms with van der Waals surface area (Å²) >= 11 is 0. The number of carbonyl (C=O) groups is 2. The summed E-state index contributed by atoms with van der Waals surface area (Å²) in [5, 5.41) is 0.440. The molecule has 0 aliphatic rings. The number of carbonyl (C=O) groups excluding carboxylic acids is 2. The van der Waals surface area contributed by atoms with E-state index in [2.05, 4.69) is 18.1 Å². The molecule has 206 valence electrons. The lowest BCUT2D eigenvalue weighted by molar-refractivity contribution is 0.0512. The predicted octanol–water partition coefficient (Wildman–Crippen LogP) is 5.49. The molecule has 0 radical (unpaired) electrons. The second kappa shape index (κ2) is 15.0. The van der Waals surface area contributed by atoms with E-state index >= 15 is 0 Å². The minimum atomic E-state index is -1.56. The first-order valence-electron chi connectivity index (χ1n) is 11.8. The highest BCUT2D eigenvalue weighted by Crippen LogP contribution is 2.44. The molecular weight excluding hydrogens is 526 g/mol. The van der Waals surface area contributed by atoms with Crippen LogP contribution in [-0.4, -0.2) is 62.6 Å². The van der Waals surface area contributed by atoms with Crippen LogP contribution in [0.3, 0.4) is 0 Å². The molecule has 0 unspecified atom stereocenters.